The third-order valence-corrected chi connectivity index (χ3v) is 5.10. The summed E-state index contributed by atoms with van der Waals surface area (Å²) < 4.78 is 4.79. The maximum atomic E-state index is 13.3. The number of amides is 2. The van der Waals surface area contributed by atoms with E-state index in [1.165, 1.54) is 12.1 Å². The van der Waals surface area contributed by atoms with E-state index in [0.717, 1.165) is 5.56 Å². The van der Waals surface area contributed by atoms with E-state index >= 15 is 0 Å². The van der Waals surface area contributed by atoms with Gasteiger partial charge in [-0.05, 0) is 31.4 Å². The number of carbonyl (C=O) groups is 3. The Morgan fingerprint density at radius 3 is 2.52 bits per heavy atom. The van der Waals surface area contributed by atoms with Crippen molar-refractivity contribution in [3.05, 3.63) is 35.9 Å². The van der Waals surface area contributed by atoms with E-state index in [-0.39, 0.29) is 17.7 Å². The summed E-state index contributed by atoms with van der Waals surface area (Å²) in [6.07, 6.45) is 1.64. The van der Waals surface area contributed by atoms with Gasteiger partial charge in [0.2, 0.25) is 5.91 Å². The Bertz CT molecular complexity index is 695. The van der Waals surface area contributed by atoms with Gasteiger partial charge >= 0.3 is 5.97 Å². The Hall–Kier alpha value is -2.45. The van der Waals surface area contributed by atoms with Crippen molar-refractivity contribution in [3.8, 4) is 0 Å². The molecule has 0 aromatic heterocycles. The summed E-state index contributed by atoms with van der Waals surface area (Å²) in [5.41, 5.74) is 3.89. The molecule has 2 amide bonds. The van der Waals surface area contributed by atoms with E-state index in [0.29, 0.717) is 25.8 Å². The highest BCUT2D eigenvalue weighted by Crippen LogP contribution is 2.13. The summed E-state index contributed by atoms with van der Waals surface area (Å²) in [5.74, 6) is -0.821. The molecule has 0 aliphatic carbocycles. The number of rotatable bonds is 8. The van der Waals surface area contributed by atoms with Gasteiger partial charge in [0, 0.05) is 13.0 Å². The van der Waals surface area contributed by atoms with Crippen LogP contribution in [-0.4, -0.2) is 61.6 Å². The fourth-order valence-corrected chi connectivity index (χ4v) is 3.52. The number of carbonyl (C=O) groups excluding carboxylic acids is 3. The molecule has 0 radical (unpaired) electrons. The van der Waals surface area contributed by atoms with Crippen LogP contribution in [0.2, 0.25) is 0 Å². The van der Waals surface area contributed by atoms with Crippen molar-refractivity contribution in [2.24, 2.45) is 5.92 Å². The molecule has 3 atom stereocenters. The van der Waals surface area contributed by atoms with Crippen LogP contribution in [0, 0.1) is 5.92 Å². The van der Waals surface area contributed by atoms with Crippen LogP contribution in [0.25, 0.3) is 0 Å². The van der Waals surface area contributed by atoms with Gasteiger partial charge in [0.05, 0.1) is 13.2 Å². The average molecular weight is 405 g/mol. The molecule has 3 N–H and O–H groups in total. The van der Waals surface area contributed by atoms with E-state index in [9.17, 15) is 14.4 Å². The van der Waals surface area contributed by atoms with Crippen LogP contribution in [-0.2, 0) is 25.5 Å². The smallest absolute Gasteiger partial charge is 0.324 e. The Balaban J connectivity index is 2.18. The highest BCUT2D eigenvalue weighted by Gasteiger charge is 2.34. The standard InChI is InChI=1S/C21H32N4O4/c1-14(2)18(22-3)19(26)23-17(13-15-9-6-5-7-10-15)20(27)25-12-8-11-16(24-25)21(28)29-4/h5-7,9-10,14,16-18,22,24H,8,11-13H2,1-4H3,(H,23,26). The van der Waals surface area contributed by atoms with Crippen LogP contribution in [0.4, 0.5) is 0 Å². The van der Waals surface area contributed by atoms with E-state index < -0.39 is 24.1 Å². The van der Waals surface area contributed by atoms with Gasteiger partial charge in [-0.3, -0.25) is 19.4 Å². The van der Waals surface area contributed by atoms with Gasteiger partial charge in [-0.15, -0.1) is 0 Å². The first kappa shape index (κ1) is 22.8. The number of likely N-dealkylation sites (N-methyl/N-ethyl adjacent to an activating group) is 1. The summed E-state index contributed by atoms with van der Waals surface area (Å²) in [6, 6.07) is 7.83. The van der Waals surface area contributed by atoms with Gasteiger partial charge in [0.1, 0.15) is 12.1 Å². The minimum atomic E-state index is -0.747. The molecule has 160 valence electrons. The Kier molecular flexibility index (Phi) is 8.60. The monoisotopic (exact) mass is 404 g/mol. The van der Waals surface area contributed by atoms with Gasteiger partial charge in [-0.2, -0.15) is 0 Å². The van der Waals surface area contributed by atoms with E-state index in [1.54, 1.807) is 7.05 Å². The van der Waals surface area contributed by atoms with Crippen molar-refractivity contribution >= 4 is 17.8 Å². The van der Waals surface area contributed by atoms with Crippen molar-refractivity contribution in [1.29, 1.82) is 0 Å². The number of methoxy groups -OCH3 is 1. The number of ether oxygens (including phenoxy) is 1. The third kappa shape index (κ3) is 6.27. The Labute approximate surface area is 172 Å². The molecule has 1 aromatic carbocycles. The molecule has 1 aliphatic rings. The zero-order chi connectivity index (χ0) is 21.4. The largest absolute Gasteiger partial charge is 0.468 e. The van der Waals surface area contributed by atoms with Gasteiger partial charge < -0.3 is 15.4 Å². The van der Waals surface area contributed by atoms with Crippen LogP contribution >= 0.6 is 0 Å². The second-order valence-corrected chi connectivity index (χ2v) is 7.60. The first-order valence-corrected chi connectivity index (χ1v) is 10.0. The number of hydrazine groups is 1. The molecule has 0 saturated carbocycles. The zero-order valence-corrected chi connectivity index (χ0v) is 17.6. The van der Waals surface area contributed by atoms with Crippen LogP contribution < -0.4 is 16.1 Å². The van der Waals surface area contributed by atoms with Crippen molar-refractivity contribution in [2.45, 2.75) is 51.2 Å². The lowest BCUT2D eigenvalue weighted by Crippen LogP contribution is -2.61. The molecule has 1 fully saturated rings. The molecule has 1 aromatic rings. The fourth-order valence-electron chi connectivity index (χ4n) is 3.52. The molecule has 1 saturated heterocycles. The SMILES string of the molecule is CNC(C(=O)NC(Cc1ccccc1)C(=O)N1CCCC(C(=O)OC)N1)C(C)C. The van der Waals surface area contributed by atoms with Crippen LogP contribution in [0.15, 0.2) is 30.3 Å². The number of benzene rings is 1. The lowest BCUT2D eigenvalue weighted by molar-refractivity contribution is -0.151. The first-order chi connectivity index (χ1) is 13.9. The maximum Gasteiger partial charge on any atom is 0.324 e. The molecule has 1 aliphatic heterocycles. The first-order valence-electron chi connectivity index (χ1n) is 10.0. The summed E-state index contributed by atoms with van der Waals surface area (Å²) in [7, 11) is 3.05. The predicted octanol–water partition coefficient (Wildman–Crippen LogP) is 0.627. The second-order valence-electron chi connectivity index (χ2n) is 7.60. The zero-order valence-electron chi connectivity index (χ0n) is 17.6. The molecule has 1 heterocycles. The van der Waals surface area contributed by atoms with E-state index in [2.05, 4.69) is 16.1 Å². The number of nitrogens with one attached hydrogen (secondary N) is 3. The average Bonchev–Trinajstić information content (AvgIpc) is 2.73. The number of hydrogen-bond acceptors (Lipinski definition) is 6. The lowest BCUT2D eigenvalue weighted by atomic mass is 10.0. The van der Waals surface area contributed by atoms with Gasteiger partial charge in [-0.25, -0.2) is 5.43 Å². The Morgan fingerprint density at radius 2 is 1.93 bits per heavy atom. The Morgan fingerprint density at radius 1 is 1.24 bits per heavy atom. The summed E-state index contributed by atoms with van der Waals surface area (Å²) in [4.78, 5) is 37.9. The molecule has 2 rings (SSSR count). The number of hydrogen-bond donors (Lipinski definition) is 3. The molecule has 3 unspecified atom stereocenters. The van der Waals surface area contributed by atoms with Crippen LogP contribution in [0.5, 0.6) is 0 Å². The van der Waals surface area contributed by atoms with E-state index in [4.69, 9.17) is 4.74 Å². The minimum absolute atomic E-state index is 0.0734. The lowest BCUT2D eigenvalue weighted by Gasteiger charge is -2.35. The fraction of sp³-hybridized carbons (Fsp3) is 0.571. The van der Waals surface area contributed by atoms with Crippen molar-refractivity contribution in [3.63, 3.8) is 0 Å². The molecular formula is C21H32N4O4. The minimum Gasteiger partial charge on any atom is -0.468 e. The topological polar surface area (TPSA) is 99.8 Å². The predicted molar refractivity (Wildman–Crippen MR) is 110 cm³/mol. The summed E-state index contributed by atoms with van der Waals surface area (Å²) >= 11 is 0. The third-order valence-electron chi connectivity index (χ3n) is 5.10. The number of nitrogens with zero attached hydrogens (tertiary/aromatic N) is 1. The molecular weight excluding hydrogens is 372 g/mol. The van der Waals surface area contributed by atoms with Gasteiger partial charge in [0.15, 0.2) is 0 Å². The second kappa shape index (κ2) is 10.9. The molecule has 0 spiro atoms. The van der Waals surface area contributed by atoms with Crippen molar-refractivity contribution in [1.82, 2.24) is 21.1 Å². The normalized spacial score (nSPS) is 18.8. The van der Waals surface area contributed by atoms with Gasteiger partial charge in [0.25, 0.3) is 5.91 Å². The molecule has 8 nitrogen and oxygen atoms in total. The number of esters is 1. The van der Waals surface area contributed by atoms with Crippen molar-refractivity contribution in [2.75, 3.05) is 20.7 Å². The highest BCUT2D eigenvalue weighted by molar-refractivity contribution is 5.90. The highest BCUT2D eigenvalue weighted by atomic mass is 16.5. The van der Waals surface area contributed by atoms with Crippen molar-refractivity contribution < 1.29 is 19.1 Å². The summed E-state index contributed by atoms with van der Waals surface area (Å²) in [5, 5.41) is 7.34. The van der Waals surface area contributed by atoms with E-state index in [1.807, 2.05) is 44.2 Å². The summed E-state index contributed by atoms with van der Waals surface area (Å²) in [6.45, 7) is 4.36. The quantitative estimate of drug-likeness (QED) is 0.550. The van der Waals surface area contributed by atoms with Gasteiger partial charge in [-0.1, -0.05) is 44.2 Å². The maximum absolute atomic E-state index is 13.3. The molecule has 8 heteroatoms. The van der Waals surface area contributed by atoms with Crippen LogP contribution in [0.3, 0.4) is 0 Å². The molecule has 0 bridgehead atoms. The van der Waals surface area contributed by atoms with Crippen LogP contribution in [0.1, 0.15) is 32.3 Å². The molecule has 29 heavy (non-hydrogen) atoms.